The summed E-state index contributed by atoms with van der Waals surface area (Å²) in [4.78, 5) is 0. The van der Waals surface area contributed by atoms with Crippen molar-refractivity contribution in [1.82, 2.24) is 0 Å². The Bertz CT molecular complexity index is 246. The van der Waals surface area contributed by atoms with Gasteiger partial charge in [-0.2, -0.15) is 0 Å². The molecule has 0 aromatic heterocycles. The molecule has 0 unspecified atom stereocenters. The maximum atomic E-state index is 5.37. The molecule has 1 saturated heterocycles. The molecule has 0 bridgehead atoms. The van der Waals surface area contributed by atoms with Gasteiger partial charge in [0.2, 0.25) is 0 Å². The Kier molecular flexibility index (Phi) is 3.35. The molecule has 0 aromatic rings. The Labute approximate surface area is 80.8 Å². The third kappa shape index (κ3) is 2.76. The second kappa shape index (κ2) is 4.31. The molecule has 1 rings (SSSR count). The van der Waals surface area contributed by atoms with Crippen LogP contribution in [-0.2, 0) is 4.74 Å². The summed E-state index contributed by atoms with van der Waals surface area (Å²) in [6, 6.07) is 0. The molecule has 1 nitrogen and oxygen atoms in total. The van der Waals surface area contributed by atoms with E-state index in [9.17, 15) is 0 Å². The van der Waals surface area contributed by atoms with Crippen LogP contribution in [0.15, 0.2) is 36.1 Å². The molecule has 1 fully saturated rings. The fourth-order valence-corrected chi connectivity index (χ4v) is 1.23. The van der Waals surface area contributed by atoms with E-state index in [4.69, 9.17) is 4.74 Å². The minimum Gasteiger partial charge on any atom is -0.494 e. The lowest BCUT2D eigenvalue weighted by atomic mass is 9.98. The van der Waals surface area contributed by atoms with Gasteiger partial charge in [-0.05, 0) is 24.3 Å². The Morgan fingerprint density at radius 3 is 2.77 bits per heavy atom. The normalized spacial score (nSPS) is 20.5. The van der Waals surface area contributed by atoms with E-state index in [0.717, 1.165) is 30.8 Å². The highest BCUT2D eigenvalue weighted by atomic mass is 16.5. The van der Waals surface area contributed by atoms with Gasteiger partial charge in [-0.3, -0.25) is 0 Å². The Morgan fingerprint density at radius 1 is 1.54 bits per heavy atom. The molecule has 0 N–H and O–H groups in total. The van der Waals surface area contributed by atoms with Gasteiger partial charge >= 0.3 is 0 Å². The van der Waals surface area contributed by atoms with E-state index < -0.39 is 0 Å². The molecular formula is C12H18O. The molecule has 1 heterocycles. The van der Waals surface area contributed by atoms with Gasteiger partial charge < -0.3 is 4.74 Å². The van der Waals surface area contributed by atoms with Crippen molar-refractivity contribution in [3.63, 3.8) is 0 Å². The van der Waals surface area contributed by atoms with Crippen LogP contribution < -0.4 is 0 Å². The van der Waals surface area contributed by atoms with E-state index in [2.05, 4.69) is 33.1 Å². The van der Waals surface area contributed by atoms with Crippen LogP contribution in [0, 0.1) is 5.92 Å². The lowest BCUT2D eigenvalue weighted by molar-refractivity contribution is 0.195. The van der Waals surface area contributed by atoms with Crippen LogP contribution in [0.4, 0.5) is 0 Å². The molecule has 0 aliphatic carbocycles. The number of ether oxygens (including phenoxy) is 1. The zero-order valence-corrected chi connectivity index (χ0v) is 8.60. The molecule has 0 atom stereocenters. The van der Waals surface area contributed by atoms with E-state index in [-0.39, 0.29) is 0 Å². The van der Waals surface area contributed by atoms with Gasteiger partial charge in [0.1, 0.15) is 5.76 Å². The standard InChI is InChI=1S/C12H18O/c1-9(2)10(3)8-12-6-5-7-13-11(12)4/h8-9H,3-7H2,1-2H3/b12-8-. The molecule has 0 spiro atoms. The van der Waals surface area contributed by atoms with Crippen LogP contribution >= 0.6 is 0 Å². The smallest absolute Gasteiger partial charge is 0.115 e. The summed E-state index contributed by atoms with van der Waals surface area (Å²) in [6.07, 6.45) is 4.28. The molecule has 0 amide bonds. The largest absolute Gasteiger partial charge is 0.494 e. The fraction of sp³-hybridized carbons (Fsp3) is 0.500. The molecule has 1 aliphatic heterocycles. The number of allylic oxidation sites excluding steroid dienone is 3. The topological polar surface area (TPSA) is 9.23 Å². The van der Waals surface area contributed by atoms with Crippen LogP contribution in [0.25, 0.3) is 0 Å². The predicted octanol–water partition coefficient (Wildman–Crippen LogP) is 3.45. The van der Waals surface area contributed by atoms with E-state index in [1.807, 2.05) is 0 Å². The minimum atomic E-state index is 0.502. The van der Waals surface area contributed by atoms with Crippen molar-refractivity contribution < 1.29 is 4.74 Å². The predicted molar refractivity (Wildman–Crippen MR) is 56.4 cm³/mol. The lowest BCUT2D eigenvalue weighted by Crippen LogP contribution is -2.06. The van der Waals surface area contributed by atoms with Crippen LogP contribution in [0.5, 0.6) is 0 Å². The zero-order valence-electron chi connectivity index (χ0n) is 8.60. The number of rotatable bonds is 2. The van der Waals surface area contributed by atoms with Gasteiger partial charge in [0.15, 0.2) is 0 Å². The van der Waals surface area contributed by atoms with Crippen LogP contribution in [0.2, 0.25) is 0 Å². The average molecular weight is 178 g/mol. The maximum absolute atomic E-state index is 5.37. The first-order valence-corrected chi connectivity index (χ1v) is 4.82. The van der Waals surface area contributed by atoms with Crippen LogP contribution in [-0.4, -0.2) is 6.61 Å². The summed E-state index contributed by atoms with van der Waals surface area (Å²) in [5.74, 6) is 1.33. The highest BCUT2D eigenvalue weighted by Crippen LogP contribution is 2.24. The van der Waals surface area contributed by atoms with Crippen molar-refractivity contribution in [3.8, 4) is 0 Å². The molecular weight excluding hydrogens is 160 g/mol. The van der Waals surface area contributed by atoms with E-state index in [1.54, 1.807) is 0 Å². The first-order chi connectivity index (χ1) is 6.11. The lowest BCUT2D eigenvalue weighted by Gasteiger charge is -2.19. The molecule has 0 radical (unpaired) electrons. The second-order valence-corrected chi connectivity index (χ2v) is 3.77. The third-order valence-corrected chi connectivity index (χ3v) is 2.33. The van der Waals surface area contributed by atoms with Crippen molar-refractivity contribution in [2.75, 3.05) is 6.61 Å². The van der Waals surface area contributed by atoms with Crippen molar-refractivity contribution >= 4 is 0 Å². The van der Waals surface area contributed by atoms with Gasteiger partial charge in [0, 0.05) is 0 Å². The van der Waals surface area contributed by atoms with Gasteiger partial charge in [0.05, 0.1) is 6.61 Å². The maximum Gasteiger partial charge on any atom is 0.115 e. The fourth-order valence-electron chi connectivity index (χ4n) is 1.23. The molecule has 13 heavy (non-hydrogen) atoms. The molecule has 0 aromatic carbocycles. The highest BCUT2D eigenvalue weighted by Gasteiger charge is 2.11. The number of hydrogen-bond donors (Lipinski definition) is 0. The summed E-state index contributed by atoms with van der Waals surface area (Å²) >= 11 is 0. The van der Waals surface area contributed by atoms with Crippen molar-refractivity contribution in [2.45, 2.75) is 26.7 Å². The van der Waals surface area contributed by atoms with Gasteiger partial charge in [-0.15, -0.1) is 0 Å². The van der Waals surface area contributed by atoms with Crippen molar-refractivity contribution in [2.24, 2.45) is 5.92 Å². The van der Waals surface area contributed by atoms with E-state index in [0.29, 0.717) is 5.92 Å². The molecule has 1 heteroatoms. The van der Waals surface area contributed by atoms with Crippen molar-refractivity contribution in [3.05, 3.63) is 36.1 Å². The van der Waals surface area contributed by atoms with Gasteiger partial charge in [0.25, 0.3) is 0 Å². The summed E-state index contributed by atoms with van der Waals surface area (Å²) in [5, 5.41) is 0. The summed E-state index contributed by atoms with van der Waals surface area (Å²) in [7, 11) is 0. The summed E-state index contributed by atoms with van der Waals surface area (Å²) in [6.45, 7) is 13.0. The Morgan fingerprint density at radius 2 is 2.23 bits per heavy atom. The third-order valence-electron chi connectivity index (χ3n) is 2.33. The van der Waals surface area contributed by atoms with Gasteiger partial charge in [-0.1, -0.05) is 38.7 Å². The first-order valence-electron chi connectivity index (χ1n) is 4.82. The van der Waals surface area contributed by atoms with Crippen LogP contribution in [0.3, 0.4) is 0 Å². The number of hydrogen-bond acceptors (Lipinski definition) is 1. The minimum absolute atomic E-state index is 0.502. The average Bonchev–Trinajstić information content (AvgIpc) is 2.08. The zero-order chi connectivity index (χ0) is 9.84. The SMILES string of the molecule is C=C1OCCC/C1=C/C(=C)C(C)C. The molecule has 1 aliphatic rings. The van der Waals surface area contributed by atoms with E-state index in [1.165, 1.54) is 5.57 Å². The second-order valence-electron chi connectivity index (χ2n) is 3.77. The Balaban J connectivity index is 2.68. The molecule has 0 saturated carbocycles. The first kappa shape index (κ1) is 10.1. The van der Waals surface area contributed by atoms with E-state index >= 15 is 0 Å². The highest BCUT2D eigenvalue weighted by molar-refractivity contribution is 5.33. The van der Waals surface area contributed by atoms with Crippen molar-refractivity contribution in [1.29, 1.82) is 0 Å². The monoisotopic (exact) mass is 178 g/mol. The van der Waals surface area contributed by atoms with Crippen LogP contribution in [0.1, 0.15) is 26.7 Å². The van der Waals surface area contributed by atoms with Gasteiger partial charge in [-0.25, -0.2) is 0 Å². The quantitative estimate of drug-likeness (QED) is 0.629. The Hall–Kier alpha value is -0.980. The molecule has 72 valence electrons. The summed E-state index contributed by atoms with van der Waals surface area (Å²) in [5.41, 5.74) is 2.37. The summed E-state index contributed by atoms with van der Waals surface area (Å²) < 4.78 is 5.37.